The van der Waals surface area contributed by atoms with E-state index < -0.39 is 5.97 Å². The molecule has 0 saturated heterocycles. The Balaban J connectivity index is 2.89. The first kappa shape index (κ1) is 18.8. The van der Waals surface area contributed by atoms with Gasteiger partial charge in [0.15, 0.2) is 0 Å². The summed E-state index contributed by atoms with van der Waals surface area (Å²) < 4.78 is 4.59. The van der Waals surface area contributed by atoms with Crippen molar-refractivity contribution in [2.24, 2.45) is 0 Å². The van der Waals surface area contributed by atoms with Crippen LogP contribution in [0.15, 0.2) is 29.8 Å². The Hall–Kier alpha value is -2.28. The maximum Gasteiger partial charge on any atom is 0.348 e. The highest BCUT2D eigenvalue weighted by atomic mass is 16.5. The highest BCUT2D eigenvalue weighted by Gasteiger charge is 2.09. The Labute approximate surface area is 139 Å². The lowest BCUT2D eigenvalue weighted by atomic mass is 10.1. The molecule has 4 heteroatoms. The van der Waals surface area contributed by atoms with E-state index >= 15 is 0 Å². The monoisotopic (exact) mass is 314 g/mol. The fourth-order valence-electron chi connectivity index (χ4n) is 2.26. The van der Waals surface area contributed by atoms with Gasteiger partial charge >= 0.3 is 5.97 Å². The molecule has 0 N–H and O–H groups in total. The number of anilines is 1. The average molecular weight is 314 g/mol. The Morgan fingerprint density at radius 2 is 1.74 bits per heavy atom. The molecule has 1 aromatic rings. The highest BCUT2D eigenvalue weighted by molar-refractivity contribution is 5.97. The van der Waals surface area contributed by atoms with E-state index in [1.54, 1.807) is 6.08 Å². The Kier molecular flexibility index (Phi) is 8.52. The lowest BCUT2D eigenvalue weighted by molar-refractivity contribution is -0.135. The molecule has 0 unspecified atom stereocenters. The summed E-state index contributed by atoms with van der Waals surface area (Å²) in [6.07, 6.45) is 6.25. The van der Waals surface area contributed by atoms with Crippen molar-refractivity contribution in [3.8, 4) is 6.07 Å². The summed E-state index contributed by atoms with van der Waals surface area (Å²) >= 11 is 0. The van der Waals surface area contributed by atoms with E-state index in [4.69, 9.17) is 5.26 Å². The first-order valence-corrected chi connectivity index (χ1v) is 8.21. The minimum Gasteiger partial charge on any atom is -0.465 e. The second kappa shape index (κ2) is 10.4. The summed E-state index contributed by atoms with van der Waals surface area (Å²) in [7, 11) is 1.27. The summed E-state index contributed by atoms with van der Waals surface area (Å²) in [6, 6.07) is 9.82. The fraction of sp³-hybridized carbons (Fsp3) is 0.474. The second-order valence-electron chi connectivity index (χ2n) is 5.45. The van der Waals surface area contributed by atoms with Crippen molar-refractivity contribution >= 4 is 17.7 Å². The molecule has 0 fully saturated rings. The van der Waals surface area contributed by atoms with E-state index in [9.17, 15) is 4.79 Å². The molecule has 1 aromatic carbocycles. The number of carbonyl (C=O) groups is 1. The minimum atomic E-state index is -0.607. The predicted molar refractivity (Wildman–Crippen MR) is 94.1 cm³/mol. The Morgan fingerprint density at radius 3 is 2.17 bits per heavy atom. The Morgan fingerprint density at radius 1 is 1.17 bits per heavy atom. The summed E-state index contributed by atoms with van der Waals surface area (Å²) in [4.78, 5) is 13.8. The largest absolute Gasteiger partial charge is 0.465 e. The first-order valence-electron chi connectivity index (χ1n) is 8.21. The first-order chi connectivity index (χ1) is 11.2. The smallest absolute Gasteiger partial charge is 0.348 e. The Bertz CT molecular complexity index is 548. The van der Waals surface area contributed by atoms with Gasteiger partial charge in [0.2, 0.25) is 0 Å². The number of carbonyl (C=O) groups excluding carboxylic acids is 1. The SMILES string of the molecule is CCCCN(CCCC)c1ccc(C=C(C#N)C(=O)OC)cc1. The molecule has 0 aliphatic rings. The number of hydrogen-bond acceptors (Lipinski definition) is 4. The molecule has 0 aliphatic heterocycles. The van der Waals surface area contributed by atoms with Gasteiger partial charge in [-0.2, -0.15) is 5.26 Å². The number of methoxy groups -OCH3 is 1. The summed E-state index contributed by atoms with van der Waals surface area (Å²) in [5.41, 5.74) is 2.01. The van der Waals surface area contributed by atoms with Crippen molar-refractivity contribution in [1.29, 1.82) is 5.26 Å². The zero-order valence-electron chi connectivity index (χ0n) is 14.3. The molecule has 0 atom stereocenters. The maximum absolute atomic E-state index is 11.4. The fourth-order valence-corrected chi connectivity index (χ4v) is 2.26. The van der Waals surface area contributed by atoms with Gasteiger partial charge in [-0.05, 0) is 36.6 Å². The average Bonchev–Trinajstić information content (AvgIpc) is 2.60. The molecule has 1 rings (SSSR count). The minimum absolute atomic E-state index is 0.00840. The van der Waals surface area contributed by atoms with Crippen LogP contribution in [-0.4, -0.2) is 26.2 Å². The lowest BCUT2D eigenvalue weighted by Crippen LogP contribution is -2.25. The number of nitrogens with zero attached hydrogens (tertiary/aromatic N) is 2. The quantitative estimate of drug-likeness (QED) is 0.390. The standard InChI is InChI=1S/C19H26N2O2/c1-4-6-12-21(13-7-5-2)18-10-8-16(9-11-18)14-17(15-20)19(22)23-3/h8-11,14H,4-7,12-13H2,1-3H3. The van der Waals surface area contributed by atoms with Crippen LogP contribution in [0.5, 0.6) is 0 Å². The van der Waals surface area contributed by atoms with E-state index in [2.05, 4.69) is 23.5 Å². The van der Waals surface area contributed by atoms with Gasteiger partial charge in [0.25, 0.3) is 0 Å². The number of unbranched alkanes of at least 4 members (excludes halogenated alkanes) is 2. The van der Waals surface area contributed by atoms with Gasteiger partial charge < -0.3 is 9.64 Å². The topological polar surface area (TPSA) is 53.3 Å². The molecular weight excluding hydrogens is 288 g/mol. The van der Waals surface area contributed by atoms with Crippen LogP contribution in [0.4, 0.5) is 5.69 Å². The van der Waals surface area contributed by atoms with E-state index in [-0.39, 0.29) is 5.57 Å². The van der Waals surface area contributed by atoms with Crippen LogP contribution >= 0.6 is 0 Å². The molecule has 124 valence electrons. The zero-order valence-corrected chi connectivity index (χ0v) is 14.3. The van der Waals surface area contributed by atoms with Gasteiger partial charge in [-0.3, -0.25) is 0 Å². The van der Waals surface area contributed by atoms with Gasteiger partial charge in [-0.15, -0.1) is 0 Å². The molecule has 0 radical (unpaired) electrons. The molecule has 0 aliphatic carbocycles. The third-order valence-corrected chi connectivity index (χ3v) is 3.66. The molecule has 0 spiro atoms. The number of hydrogen-bond donors (Lipinski definition) is 0. The van der Waals surface area contributed by atoms with Crippen LogP contribution < -0.4 is 4.90 Å². The second-order valence-corrected chi connectivity index (χ2v) is 5.45. The van der Waals surface area contributed by atoms with Crippen LogP contribution in [0.3, 0.4) is 0 Å². The molecule has 0 aromatic heterocycles. The molecule has 0 saturated carbocycles. The summed E-state index contributed by atoms with van der Waals surface area (Å²) in [6.45, 7) is 6.50. The van der Waals surface area contributed by atoms with Crippen molar-refractivity contribution in [3.05, 3.63) is 35.4 Å². The van der Waals surface area contributed by atoms with Crippen molar-refractivity contribution in [2.75, 3.05) is 25.1 Å². The van der Waals surface area contributed by atoms with E-state index in [0.717, 1.165) is 18.7 Å². The zero-order chi connectivity index (χ0) is 17.1. The molecular formula is C19H26N2O2. The summed E-state index contributed by atoms with van der Waals surface area (Å²) in [5, 5.41) is 9.00. The van der Waals surface area contributed by atoms with E-state index in [1.807, 2.05) is 30.3 Å². The number of benzene rings is 1. The van der Waals surface area contributed by atoms with Gasteiger partial charge in [0, 0.05) is 18.8 Å². The molecule has 0 heterocycles. The highest BCUT2D eigenvalue weighted by Crippen LogP contribution is 2.18. The van der Waals surface area contributed by atoms with Crippen LogP contribution in [0.2, 0.25) is 0 Å². The summed E-state index contributed by atoms with van der Waals surface area (Å²) in [5.74, 6) is -0.607. The number of esters is 1. The van der Waals surface area contributed by atoms with Crippen molar-refractivity contribution in [1.82, 2.24) is 0 Å². The number of rotatable bonds is 9. The van der Waals surface area contributed by atoms with Crippen LogP contribution in [0.25, 0.3) is 6.08 Å². The molecule has 0 amide bonds. The molecule has 0 bridgehead atoms. The van der Waals surface area contributed by atoms with Crippen LogP contribution in [0, 0.1) is 11.3 Å². The normalized spacial score (nSPS) is 11.0. The van der Waals surface area contributed by atoms with Gasteiger partial charge in [-0.1, -0.05) is 38.8 Å². The van der Waals surface area contributed by atoms with Gasteiger partial charge in [0.1, 0.15) is 11.6 Å². The van der Waals surface area contributed by atoms with Crippen molar-refractivity contribution < 1.29 is 9.53 Å². The van der Waals surface area contributed by atoms with Crippen LogP contribution in [0.1, 0.15) is 45.1 Å². The van der Waals surface area contributed by atoms with Crippen LogP contribution in [-0.2, 0) is 9.53 Å². The molecule has 23 heavy (non-hydrogen) atoms. The number of ether oxygens (including phenoxy) is 1. The third kappa shape index (κ3) is 6.15. The number of nitriles is 1. The van der Waals surface area contributed by atoms with Gasteiger partial charge in [-0.25, -0.2) is 4.79 Å². The third-order valence-electron chi connectivity index (χ3n) is 3.66. The van der Waals surface area contributed by atoms with E-state index in [1.165, 1.54) is 38.5 Å². The van der Waals surface area contributed by atoms with E-state index in [0.29, 0.717) is 0 Å². The lowest BCUT2D eigenvalue weighted by Gasteiger charge is -2.24. The van der Waals surface area contributed by atoms with Crippen molar-refractivity contribution in [3.63, 3.8) is 0 Å². The predicted octanol–water partition coefficient (Wildman–Crippen LogP) is 4.17. The maximum atomic E-state index is 11.4. The van der Waals surface area contributed by atoms with Crippen molar-refractivity contribution in [2.45, 2.75) is 39.5 Å². The molecule has 4 nitrogen and oxygen atoms in total. The van der Waals surface area contributed by atoms with Gasteiger partial charge in [0.05, 0.1) is 7.11 Å².